The fourth-order valence-corrected chi connectivity index (χ4v) is 8.05. The summed E-state index contributed by atoms with van der Waals surface area (Å²) in [6.45, 7) is 17.0. The summed E-state index contributed by atoms with van der Waals surface area (Å²) in [5, 5.41) is 44.1. The summed E-state index contributed by atoms with van der Waals surface area (Å²) in [5.41, 5.74) is 1.77. The van der Waals surface area contributed by atoms with E-state index < -0.39 is 84.8 Å². The van der Waals surface area contributed by atoms with Crippen LogP contribution in [-0.4, -0.2) is 115 Å². The number of hydrogen-bond donors (Lipinski definition) is 4. The molecule has 0 amide bonds. The molecule has 0 aliphatic carbocycles. The zero-order valence-electron chi connectivity index (χ0n) is 35.5. The molecule has 0 saturated carbocycles. The van der Waals surface area contributed by atoms with Gasteiger partial charge in [0, 0.05) is 50.7 Å². The number of esters is 1. The second-order valence-corrected chi connectivity index (χ2v) is 16.1. The van der Waals surface area contributed by atoms with Crippen LogP contribution in [0.25, 0.3) is 0 Å². The number of aliphatic hydroxyl groups excluding tert-OH is 4. The molecular formula is C44H70O12. The Kier molecular flexibility index (Phi) is 18.7. The molecule has 0 aromatic carbocycles. The predicted octanol–water partition coefficient (Wildman–Crippen LogP) is 5.70. The third-order valence-corrected chi connectivity index (χ3v) is 11.7. The summed E-state index contributed by atoms with van der Waals surface area (Å²) in [6, 6.07) is 0. The molecule has 3 aliphatic heterocycles. The van der Waals surface area contributed by atoms with E-state index in [1.54, 1.807) is 26.0 Å². The molecule has 3 heterocycles. The van der Waals surface area contributed by atoms with Crippen LogP contribution in [0.5, 0.6) is 0 Å². The van der Waals surface area contributed by atoms with Crippen molar-refractivity contribution in [2.75, 3.05) is 21.3 Å². The van der Waals surface area contributed by atoms with Crippen molar-refractivity contribution in [1.29, 1.82) is 0 Å². The van der Waals surface area contributed by atoms with Gasteiger partial charge in [-0.15, -0.1) is 0 Å². The number of carbonyl (C=O) groups is 1. The van der Waals surface area contributed by atoms with Gasteiger partial charge in [-0.2, -0.15) is 0 Å². The first-order chi connectivity index (χ1) is 26.4. The SMILES string of the molecule is CC=CC=CC1OC(OC)(C(C)C(O)C(C)C2OC(=O)C(OC)=CC(C)=CC(C)C(O)C(C)CC(C)=CC=CC2OC)CC(OC2CC(O)C(O)C(C)O2)C1C. The molecule has 0 spiro atoms. The molecule has 0 radical (unpaired) electrons. The van der Waals surface area contributed by atoms with Crippen molar-refractivity contribution in [2.45, 2.75) is 149 Å². The van der Waals surface area contributed by atoms with Gasteiger partial charge in [0.05, 0.1) is 43.7 Å². The van der Waals surface area contributed by atoms with Crippen LogP contribution in [0.3, 0.4) is 0 Å². The van der Waals surface area contributed by atoms with E-state index in [2.05, 4.69) is 0 Å². The number of rotatable bonds is 11. The van der Waals surface area contributed by atoms with Crippen molar-refractivity contribution in [3.63, 3.8) is 0 Å². The standard InChI is InChI=1S/C44H70O12/c1-13-14-15-18-34-29(6)37(54-38-23-33(45)41(48)32(9)53-38)24-44(52-12,56-34)31(8)40(47)30(7)42-35(50-10)19-16-17-25(2)20-27(4)39(46)28(5)21-26(3)22-36(51-11)43(49)55-42/h13-19,21-22,27-35,37-42,45-48H,20,23-24H2,1-12H3. The van der Waals surface area contributed by atoms with Gasteiger partial charge in [-0.05, 0) is 46.1 Å². The van der Waals surface area contributed by atoms with Crippen molar-refractivity contribution >= 4 is 5.97 Å². The number of ether oxygens (including phenoxy) is 7. The first kappa shape index (κ1) is 47.7. The molecule has 318 valence electrons. The fraction of sp³-hybridized carbons (Fsp3) is 0.705. The van der Waals surface area contributed by atoms with Crippen LogP contribution < -0.4 is 0 Å². The van der Waals surface area contributed by atoms with Crippen LogP contribution in [-0.2, 0) is 38.0 Å². The zero-order valence-corrected chi connectivity index (χ0v) is 35.5. The topological polar surface area (TPSA) is 163 Å². The van der Waals surface area contributed by atoms with E-state index in [0.717, 1.165) is 11.1 Å². The fourth-order valence-electron chi connectivity index (χ4n) is 8.05. The van der Waals surface area contributed by atoms with Gasteiger partial charge in [0.15, 0.2) is 12.1 Å². The number of aliphatic hydroxyl groups is 4. The molecule has 3 rings (SSSR count). The van der Waals surface area contributed by atoms with E-state index in [1.165, 1.54) is 21.3 Å². The second-order valence-electron chi connectivity index (χ2n) is 16.1. The lowest BCUT2D eigenvalue weighted by molar-refractivity contribution is -0.346. The Morgan fingerprint density at radius 2 is 1.71 bits per heavy atom. The van der Waals surface area contributed by atoms with Gasteiger partial charge >= 0.3 is 5.97 Å². The Hall–Kier alpha value is -2.65. The minimum Gasteiger partial charge on any atom is -0.490 e. The first-order valence-electron chi connectivity index (χ1n) is 20.0. The summed E-state index contributed by atoms with van der Waals surface area (Å²) in [5.74, 6) is -4.01. The molecule has 4 N–H and O–H groups in total. The summed E-state index contributed by atoms with van der Waals surface area (Å²) in [7, 11) is 4.44. The van der Waals surface area contributed by atoms with Crippen LogP contribution in [0.15, 0.2) is 71.6 Å². The van der Waals surface area contributed by atoms with Gasteiger partial charge in [-0.1, -0.05) is 94.4 Å². The molecule has 0 aromatic rings. The average Bonchev–Trinajstić information content (AvgIpc) is 3.16. The minimum atomic E-state index is -1.38. The predicted molar refractivity (Wildman–Crippen MR) is 214 cm³/mol. The number of carbonyl (C=O) groups excluding carboxylic acids is 1. The lowest BCUT2D eigenvalue weighted by atomic mass is 9.77. The van der Waals surface area contributed by atoms with Crippen LogP contribution in [0.2, 0.25) is 0 Å². The van der Waals surface area contributed by atoms with E-state index in [1.807, 2.05) is 91.0 Å². The van der Waals surface area contributed by atoms with E-state index in [9.17, 15) is 25.2 Å². The maximum Gasteiger partial charge on any atom is 0.373 e. The van der Waals surface area contributed by atoms with E-state index in [4.69, 9.17) is 33.2 Å². The lowest BCUT2D eigenvalue weighted by Crippen LogP contribution is -2.60. The Balaban J connectivity index is 2.04. The molecular weight excluding hydrogens is 720 g/mol. The Bertz CT molecular complexity index is 1420. The van der Waals surface area contributed by atoms with Crippen LogP contribution in [0.4, 0.5) is 0 Å². The summed E-state index contributed by atoms with van der Waals surface area (Å²) in [6.07, 6.45) is 9.62. The van der Waals surface area contributed by atoms with Gasteiger partial charge in [-0.25, -0.2) is 4.79 Å². The maximum absolute atomic E-state index is 13.8. The summed E-state index contributed by atoms with van der Waals surface area (Å²) in [4.78, 5) is 13.8. The van der Waals surface area contributed by atoms with Crippen LogP contribution >= 0.6 is 0 Å². The molecule has 16 unspecified atom stereocenters. The van der Waals surface area contributed by atoms with Crippen molar-refractivity contribution in [1.82, 2.24) is 0 Å². The number of hydrogen-bond acceptors (Lipinski definition) is 12. The zero-order chi connectivity index (χ0) is 41.9. The quantitative estimate of drug-likeness (QED) is 0.149. The van der Waals surface area contributed by atoms with Crippen LogP contribution in [0, 0.1) is 29.6 Å². The highest BCUT2D eigenvalue weighted by Gasteiger charge is 2.53. The number of allylic oxidation sites excluding steroid dienone is 8. The normalized spacial score (nSPS) is 38.7. The Labute approximate surface area is 334 Å². The molecule has 12 heteroatoms. The van der Waals surface area contributed by atoms with Crippen molar-refractivity contribution in [3.05, 3.63) is 71.6 Å². The van der Waals surface area contributed by atoms with Crippen molar-refractivity contribution in [2.24, 2.45) is 29.6 Å². The van der Waals surface area contributed by atoms with Gasteiger partial charge in [0.1, 0.15) is 18.3 Å². The number of methoxy groups -OCH3 is 3. The maximum atomic E-state index is 13.8. The lowest BCUT2D eigenvalue weighted by Gasteiger charge is -2.51. The van der Waals surface area contributed by atoms with E-state index in [0.29, 0.717) is 6.42 Å². The highest BCUT2D eigenvalue weighted by atomic mass is 16.7. The summed E-state index contributed by atoms with van der Waals surface area (Å²) < 4.78 is 43.1. The highest BCUT2D eigenvalue weighted by molar-refractivity contribution is 5.87. The van der Waals surface area contributed by atoms with Gasteiger partial charge < -0.3 is 53.6 Å². The molecule has 3 aliphatic rings. The molecule has 2 fully saturated rings. The first-order valence-corrected chi connectivity index (χ1v) is 20.0. The molecule has 16 atom stereocenters. The van der Waals surface area contributed by atoms with Gasteiger partial charge in [0.2, 0.25) is 5.76 Å². The smallest absolute Gasteiger partial charge is 0.373 e. The molecule has 2 saturated heterocycles. The highest BCUT2D eigenvalue weighted by Crippen LogP contribution is 2.44. The summed E-state index contributed by atoms with van der Waals surface area (Å²) >= 11 is 0. The minimum absolute atomic E-state index is 0.0235. The third-order valence-electron chi connectivity index (χ3n) is 11.7. The Morgan fingerprint density at radius 3 is 2.32 bits per heavy atom. The molecule has 0 bridgehead atoms. The van der Waals surface area contributed by atoms with Crippen LogP contribution in [0.1, 0.15) is 81.6 Å². The van der Waals surface area contributed by atoms with Crippen molar-refractivity contribution in [3.8, 4) is 0 Å². The largest absolute Gasteiger partial charge is 0.490 e. The van der Waals surface area contributed by atoms with Gasteiger partial charge in [-0.3, -0.25) is 0 Å². The average molecular weight is 791 g/mol. The van der Waals surface area contributed by atoms with Gasteiger partial charge in [0.25, 0.3) is 0 Å². The van der Waals surface area contributed by atoms with Crippen molar-refractivity contribution < 1.29 is 58.4 Å². The monoisotopic (exact) mass is 790 g/mol. The number of cyclic esters (lactones) is 1. The molecule has 12 nitrogen and oxygen atoms in total. The molecule has 56 heavy (non-hydrogen) atoms. The second kappa shape index (κ2) is 21.9. The Morgan fingerprint density at radius 1 is 1.02 bits per heavy atom. The van der Waals surface area contributed by atoms with E-state index in [-0.39, 0.29) is 36.4 Å². The third kappa shape index (κ3) is 12.2. The van der Waals surface area contributed by atoms with E-state index >= 15 is 0 Å². The molecule has 0 aromatic heterocycles.